The smallest absolute Gasteiger partial charge is 0.251 e. The minimum atomic E-state index is -0.243. The van der Waals surface area contributed by atoms with Gasteiger partial charge in [-0.25, -0.2) is 4.68 Å². The Morgan fingerprint density at radius 3 is 2.81 bits per heavy atom. The molecule has 9 heteroatoms. The predicted molar refractivity (Wildman–Crippen MR) is 120 cm³/mol. The number of amides is 1. The van der Waals surface area contributed by atoms with Gasteiger partial charge in [-0.3, -0.25) is 14.7 Å². The van der Waals surface area contributed by atoms with Crippen molar-refractivity contribution in [3.05, 3.63) is 34.6 Å². The molecule has 0 radical (unpaired) electrons. The van der Waals surface area contributed by atoms with Crippen LogP contribution in [0.3, 0.4) is 0 Å². The molecule has 1 aromatic carbocycles. The normalized spacial score (nSPS) is 23.1. The number of aliphatic hydroxyl groups excluding tert-OH is 1. The largest absolute Gasteiger partial charge is 0.393 e. The molecular weight excluding hydrogens is 414 g/mol. The van der Waals surface area contributed by atoms with Crippen LogP contribution in [0.25, 0.3) is 10.6 Å². The van der Waals surface area contributed by atoms with Gasteiger partial charge in [-0.05, 0) is 37.8 Å². The molecule has 1 saturated carbocycles. The van der Waals surface area contributed by atoms with E-state index < -0.39 is 0 Å². The first-order valence-electron chi connectivity index (χ1n) is 11.0. The second kappa shape index (κ2) is 10.5. The van der Waals surface area contributed by atoms with E-state index in [0.717, 1.165) is 73.9 Å². The van der Waals surface area contributed by atoms with Crippen molar-refractivity contribution in [3.63, 3.8) is 0 Å². The number of hydrogen-bond acceptors (Lipinski definition) is 7. The Kier molecular flexibility index (Phi) is 7.49. The third-order valence-corrected chi connectivity index (χ3v) is 6.89. The molecule has 1 aliphatic carbocycles. The van der Waals surface area contributed by atoms with Crippen LogP contribution >= 0.6 is 11.3 Å². The SMILES string of the molecule is Cn1nc(-c2ccc(C(=O)NCCN3CCOCC3)cc2)sc1=NC1CCCC(O)C1. The van der Waals surface area contributed by atoms with Gasteiger partial charge in [-0.15, -0.1) is 0 Å². The Morgan fingerprint density at radius 2 is 2.06 bits per heavy atom. The van der Waals surface area contributed by atoms with Crippen LogP contribution in [-0.4, -0.2) is 77.2 Å². The number of aliphatic hydroxyl groups is 1. The lowest BCUT2D eigenvalue weighted by Gasteiger charge is -2.26. The number of benzene rings is 1. The Balaban J connectivity index is 1.36. The van der Waals surface area contributed by atoms with Gasteiger partial charge in [-0.1, -0.05) is 23.5 Å². The lowest BCUT2D eigenvalue weighted by atomic mass is 9.94. The molecule has 2 N–H and O–H groups in total. The molecule has 2 aromatic rings. The number of ether oxygens (including phenoxy) is 1. The van der Waals surface area contributed by atoms with Crippen molar-refractivity contribution in [2.75, 3.05) is 39.4 Å². The first-order chi connectivity index (χ1) is 15.1. The van der Waals surface area contributed by atoms with Crippen molar-refractivity contribution in [1.82, 2.24) is 20.0 Å². The number of rotatable bonds is 6. The van der Waals surface area contributed by atoms with Gasteiger partial charge in [0.1, 0.15) is 5.01 Å². The van der Waals surface area contributed by atoms with Crippen LogP contribution in [0, 0.1) is 0 Å². The van der Waals surface area contributed by atoms with Crippen molar-refractivity contribution in [1.29, 1.82) is 0 Å². The van der Waals surface area contributed by atoms with E-state index >= 15 is 0 Å². The molecule has 2 heterocycles. The fraction of sp³-hybridized carbons (Fsp3) is 0.591. The highest BCUT2D eigenvalue weighted by Gasteiger charge is 2.20. The van der Waals surface area contributed by atoms with Crippen LogP contribution in [0.4, 0.5) is 0 Å². The summed E-state index contributed by atoms with van der Waals surface area (Å²) in [4.78, 5) is 20.4. The Bertz CT molecular complexity index is 933. The summed E-state index contributed by atoms with van der Waals surface area (Å²) in [6.45, 7) is 4.84. The Morgan fingerprint density at radius 1 is 1.29 bits per heavy atom. The standard InChI is InChI=1S/C22H31N5O3S/c1-26-22(24-18-3-2-4-19(28)15-18)31-21(25-26)17-7-5-16(6-8-17)20(29)23-9-10-27-11-13-30-14-12-27/h5-8,18-19,28H,2-4,9-15H2,1H3,(H,23,29). The van der Waals surface area contributed by atoms with Gasteiger partial charge in [0.25, 0.3) is 5.91 Å². The van der Waals surface area contributed by atoms with Gasteiger partial charge in [-0.2, -0.15) is 5.10 Å². The fourth-order valence-electron chi connectivity index (χ4n) is 4.01. The van der Waals surface area contributed by atoms with E-state index in [0.29, 0.717) is 12.1 Å². The molecule has 168 valence electrons. The minimum Gasteiger partial charge on any atom is -0.393 e. The van der Waals surface area contributed by atoms with Crippen molar-refractivity contribution in [2.45, 2.75) is 37.8 Å². The van der Waals surface area contributed by atoms with Crippen LogP contribution in [-0.2, 0) is 11.8 Å². The predicted octanol–water partition coefficient (Wildman–Crippen LogP) is 1.41. The minimum absolute atomic E-state index is 0.0592. The van der Waals surface area contributed by atoms with Gasteiger partial charge >= 0.3 is 0 Å². The number of carbonyl (C=O) groups is 1. The molecule has 0 spiro atoms. The van der Waals surface area contributed by atoms with Gasteiger partial charge in [0, 0.05) is 44.4 Å². The maximum absolute atomic E-state index is 12.4. The van der Waals surface area contributed by atoms with Gasteiger partial charge in [0.15, 0.2) is 0 Å². The number of hydrogen-bond donors (Lipinski definition) is 2. The van der Waals surface area contributed by atoms with Crippen molar-refractivity contribution in [2.24, 2.45) is 12.0 Å². The summed E-state index contributed by atoms with van der Waals surface area (Å²) in [6.07, 6.45) is 3.38. The van der Waals surface area contributed by atoms with E-state index in [1.54, 1.807) is 4.68 Å². The molecule has 1 aliphatic heterocycles. The van der Waals surface area contributed by atoms with Gasteiger partial charge < -0.3 is 15.2 Å². The summed E-state index contributed by atoms with van der Waals surface area (Å²) in [5.41, 5.74) is 1.61. The average Bonchev–Trinajstić information content (AvgIpc) is 3.15. The second-order valence-corrected chi connectivity index (χ2v) is 9.16. The Labute approximate surface area is 186 Å². The van der Waals surface area contributed by atoms with Crippen molar-refractivity contribution in [3.8, 4) is 10.6 Å². The summed E-state index contributed by atoms with van der Waals surface area (Å²) in [5.74, 6) is -0.0592. The number of aromatic nitrogens is 2. The molecule has 2 aliphatic rings. The van der Waals surface area contributed by atoms with E-state index in [1.807, 2.05) is 31.3 Å². The maximum atomic E-state index is 12.4. The van der Waals surface area contributed by atoms with E-state index in [2.05, 4.69) is 15.3 Å². The fourth-order valence-corrected chi connectivity index (χ4v) is 4.97. The summed E-state index contributed by atoms with van der Waals surface area (Å²) < 4.78 is 7.14. The Hall–Kier alpha value is -2.07. The summed E-state index contributed by atoms with van der Waals surface area (Å²) in [5, 5.41) is 18.4. The number of carbonyl (C=O) groups excluding carboxylic acids is 1. The van der Waals surface area contributed by atoms with Crippen LogP contribution in [0.2, 0.25) is 0 Å². The zero-order valence-electron chi connectivity index (χ0n) is 18.0. The molecule has 2 atom stereocenters. The molecule has 4 rings (SSSR count). The first-order valence-corrected chi connectivity index (χ1v) is 11.8. The molecule has 0 bridgehead atoms. The number of nitrogens with one attached hydrogen (secondary N) is 1. The van der Waals surface area contributed by atoms with Crippen molar-refractivity contribution >= 4 is 17.2 Å². The summed E-state index contributed by atoms with van der Waals surface area (Å²) in [7, 11) is 1.90. The third-order valence-electron chi connectivity index (χ3n) is 5.83. The van der Waals surface area contributed by atoms with Crippen LogP contribution < -0.4 is 10.1 Å². The van der Waals surface area contributed by atoms with Crippen molar-refractivity contribution < 1.29 is 14.6 Å². The maximum Gasteiger partial charge on any atom is 0.251 e. The quantitative estimate of drug-likeness (QED) is 0.702. The second-order valence-electron chi connectivity index (χ2n) is 8.20. The molecule has 1 saturated heterocycles. The third kappa shape index (κ3) is 6.00. The zero-order chi connectivity index (χ0) is 21.6. The molecular formula is C22H31N5O3S. The summed E-state index contributed by atoms with van der Waals surface area (Å²) in [6, 6.07) is 7.71. The average molecular weight is 446 g/mol. The molecule has 2 fully saturated rings. The van der Waals surface area contributed by atoms with Gasteiger partial charge in [0.2, 0.25) is 4.80 Å². The zero-order valence-corrected chi connectivity index (χ0v) is 18.8. The highest BCUT2D eigenvalue weighted by atomic mass is 32.1. The van der Waals surface area contributed by atoms with E-state index in [4.69, 9.17) is 9.73 Å². The topological polar surface area (TPSA) is 92.0 Å². The molecule has 8 nitrogen and oxygen atoms in total. The lowest BCUT2D eigenvalue weighted by Crippen LogP contribution is -2.41. The first kappa shape index (κ1) is 22.1. The molecule has 1 aromatic heterocycles. The molecule has 2 unspecified atom stereocenters. The van der Waals surface area contributed by atoms with Gasteiger partial charge in [0.05, 0.1) is 25.4 Å². The molecule has 1 amide bonds. The van der Waals surface area contributed by atoms with E-state index in [-0.39, 0.29) is 18.1 Å². The lowest BCUT2D eigenvalue weighted by molar-refractivity contribution is 0.0383. The number of nitrogens with zero attached hydrogens (tertiary/aromatic N) is 4. The van der Waals surface area contributed by atoms with E-state index in [9.17, 15) is 9.90 Å². The molecule has 31 heavy (non-hydrogen) atoms. The highest BCUT2D eigenvalue weighted by Crippen LogP contribution is 2.22. The van der Waals surface area contributed by atoms with Crippen LogP contribution in [0.15, 0.2) is 29.3 Å². The van der Waals surface area contributed by atoms with Crippen LogP contribution in [0.5, 0.6) is 0 Å². The monoisotopic (exact) mass is 445 g/mol. The number of morpholine rings is 1. The van der Waals surface area contributed by atoms with E-state index in [1.165, 1.54) is 11.3 Å². The summed E-state index contributed by atoms with van der Waals surface area (Å²) >= 11 is 1.54. The van der Waals surface area contributed by atoms with Crippen LogP contribution in [0.1, 0.15) is 36.0 Å². The highest BCUT2D eigenvalue weighted by molar-refractivity contribution is 7.12. The number of aryl methyl sites for hydroxylation is 1.